The smallest absolute Gasteiger partial charge is 0.133 e. The predicted octanol–water partition coefficient (Wildman–Crippen LogP) is 4.52. The van der Waals surface area contributed by atoms with E-state index >= 15 is 0 Å². The Morgan fingerprint density at radius 1 is 1.42 bits per heavy atom. The van der Waals surface area contributed by atoms with Crippen LogP contribution in [0.15, 0.2) is 22.7 Å². The van der Waals surface area contributed by atoms with Gasteiger partial charge in [-0.25, -0.2) is 0 Å². The van der Waals surface area contributed by atoms with Crippen LogP contribution in [-0.4, -0.2) is 12.6 Å². The molecule has 0 radical (unpaired) electrons. The van der Waals surface area contributed by atoms with E-state index in [0.29, 0.717) is 5.92 Å². The molecule has 1 unspecified atom stereocenters. The van der Waals surface area contributed by atoms with E-state index in [4.69, 9.17) is 4.74 Å². The average molecular weight is 326 g/mol. The van der Waals surface area contributed by atoms with Crippen LogP contribution < -0.4 is 10.1 Å². The Labute approximate surface area is 125 Å². The molecule has 1 saturated carbocycles. The maximum absolute atomic E-state index is 5.88. The molecule has 106 valence electrons. The summed E-state index contributed by atoms with van der Waals surface area (Å²) in [4.78, 5) is 0. The van der Waals surface area contributed by atoms with Crippen LogP contribution in [0.1, 0.15) is 45.1 Å². The third-order valence-corrected chi connectivity index (χ3v) is 4.09. The molecule has 0 amide bonds. The molecule has 1 aromatic carbocycles. The summed E-state index contributed by atoms with van der Waals surface area (Å²) in [7, 11) is 0. The number of benzene rings is 1. The molecule has 0 aliphatic heterocycles. The van der Waals surface area contributed by atoms with E-state index in [2.05, 4.69) is 53.3 Å². The zero-order valence-electron chi connectivity index (χ0n) is 11.9. The summed E-state index contributed by atoms with van der Waals surface area (Å²) in [6, 6.07) is 7.14. The molecular formula is C16H24BrNO. The summed E-state index contributed by atoms with van der Waals surface area (Å²) >= 11 is 3.61. The summed E-state index contributed by atoms with van der Waals surface area (Å²) < 4.78 is 6.94. The van der Waals surface area contributed by atoms with Crippen LogP contribution in [0.5, 0.6) is 5.75 Å². The van der Waals surface area contributed by atoms with E-state index in [0.717, 1.165) is 29.4 Å². The molecule has 0 bridgehead atoms. The lowest BCUT2D eigenvalue weighted by Gasteiger charge is -2.14. The van der Waals surface area contributed by atoms with Crippen molar-refractivity contribution in [3.05, 3.63) is 28.2 Å². The Balaban J connectivity index is 1.83. The van der Waals surface area contributed by atoms with E-state index in [1.54, 1.807) is 0 Å². The fourth-order valence-electron chi connectivity index (χ4n) is 2.13. The summed E-state index contributed by atoms with van der Waals surface area (Å²) in [6.07, 6.45) is 5.11. The van der Waals surface area contributed by atoms with Crippen LogP contribution in [0.4, 0.5) is 0 Å². The minimum atomic E-state index is 0.619. The number of rotatable bonds is 8. The van der Waals surface area contributed by atoms with Crippen molar-refractivity contribution >= 4 is 15.9 Å². The Hall–Kier alpha value is -0.540. The lowest BCUT2D eigenvalue weighted by molar-refractivity contribution is 0.250. The molecule has 2 rings (SSSR count). The van der Waals surface area contributed by atoms with Crippen LogP contribution in [0.25, 0.3) is 0 Å². The third-order valence-electron chi connectivity index (χ3n) is 3.47. The second-order valence-electron chi connectivity index (χ2n) is 5.62. The van der Waals surface area contributed by atoms with Crippen molar-refractivity contribution < 1.29 is 4.74 Å². The highest BCUT2D eigenvalue weighted by molar-refractivity contribution is 9.10. The molecule has 1 aliphatic rings. The first-order chi connectivity index (χ1) is 9.19. The van der Waals surface area contributed by atoms with Crippen LogP contribution >= 0.6 is 15.9 Å². The Bertz CT molecular complexity index is 404. The Morgan fingerprint density at radius 2 is 2.21 bits per heavy atom. The quantitative estimate of drug-likeness (QED) is 0.758. The monoisotopic (exact) mass is 325 g/mol. The predicted molar refractivity (Wildman–Crippen MR) is 83.6 cm³/mol. The van der Waals surface area contributed by atoms with E-state index < -0.39 is 0 Å². The van der Waals surface area contributed by atoms with Gasteiger partial charge in [-0.1, -0.05) is 26.3 Å². The third kappa shape index (κ3) is 5.15. The number of hydrogen-bond acceptors (Lipinski definition) is 2. The zero-order chi connectivity index (χ0) is 13.7. The normalized spacial score (nSPS) is 16.4. The van der Waals surface area contributed by atoms with Crippen LogP contribution in [0, 0.1) is 5.92 Å². The van der Waals surface area contributed by atoms with Gasteiger partial charge in [0.2, 0.25) is 0 Å². The molecule has 1 aromatic rings. The minimum Gasteiger partial charge on any atom is -0.492 e. The molecule has 1 atom stereocenters. The van der Waals surface area contributed by atoms with Gasteiger partial charge in [0.05, 0.1) is 11.1 Å². The molecule has 1 fully saturated rings. The molecule has 0 aromatic heterocycles. The van der Waals surface area contributed by atoms with Gasteiger partial charge >= 0.3 is 0 Å². The van der Waals surface area contributed by atoms with E-state index in [-0.39, 0.29) is 0 Å². The van der Waals surface area contributed by atoms with E-state index in [1.165, 1.54) is 31.2 Å². The number of halogens is 1. The highest BCUT2D eigenvalue weighted by atomic mass is 79.9. The summed E-state index contributed by atoms with van der Waals surface area (Å²) in [5.74, 6) is 1.58. The van der Waals surface area contributed by atoms with Gasteiger partial charge in [-0.05, 0) is 58.8 Å². The molecule has 2 nitrogen and oxygen atoms in total. The van der Waals surface area contributed by atoms with Crippen molar-refractivity contribution in [3.8, 4) is 5.75 Å². The van der Waals surface area contributed by atoms with Crippen molar-refractivity contribution in [1.82, 2.24) is 5.32 Å². The molecule has 0 heterocycles. The van der Waals surface area contributed by atoms with Gasteiger partial charge < -0.3 is 10.1 Å². The lowest BCUT2D eigenvalue weighted by atomic mass is 10.1. The molecule has 19 heavy (non-hydrogen) atoms. The molecule has 1 aliphatic carbocycles. The topological polar surface area (TPSA) is 21.3 Å². The van der Waals surface area contributed by atoms with Gasteiger partial charge in [0.25, 0.3) is 0 Å². The highest BCUT2D eigenvalue weighted by Crippen LogP contribution is 2.27. The van der Waals surface area contributed by atoms with Gasteiger partial charge in [-0.3, -0.25) is 0 Å². The first-order valence-corrected chi connectivity index (χ1v) is 8.13. The fraction of sp³-hybridized carbons (Fsp3) is 0.625. The van der Waals surface area contributed by atoms with Gasteiger partial charge in [-0.15, -0.1) is 0 Å². The van der Waals surface area contributed by atoms with Crippen molar-refractivity contribution in [2.45, 2.75) is 52.1 Å². The summed E-state index contributed by atoms with van der Waals surface area (Å²) in [5.41, 5.74) is 1.31. The lowest BCUT2D eigenvalue weighted by Crippen LogP contribution is -2.15. The van der Waals surface area contributed by atoms with Crippen LogP contribution in [0.3, 0.4) is 0 Å². The van der Waals surface area contributed by atoms with Gasteiger partial charge in [0, 0.05) is 12.6 Å². The number of nitrogens with one attached hydrogen (secondary N) is 1. The maximum Gasteiger partial charge on any atom is 0.133 e. The minimum absolute atomic E-state index is 0.619. The largest absolute Gasteiger partial charge is 0.492 e. The fourth-order valence-corrected chi connectivity index (χ4v) is 2.67. The van der Waals surface area contributed by atoms with Crippen molar-refractivity contribution in [2.24, 2.45) is 5.92 Å². The maximum atomic E-state index is 5.88. The molecule has 0 saturated heterocycles. The van der Waals surface area contributed by atoms with E-state index in [1.807, 2.05) is 0 Å². The van der Waals surface area contributed by atoms with Crippen LogP contribution in [-0.2, 0) is 6.54 Å². The zero-order valence-corrected chi connectivity index (χ0v) is 13.5. The Kier molecular flexibility index (Phi) is 5.71. The highest BCUT2D eigenvalue weighted by Gasteiger charge is 2.20. The average Bonchev–Trinajstić information content (AvgIpc) is 3.19. The van der Waals surface area contributed by atoms with Gasteiger partial charge in [0.1, 0.15) is 5.75 Å². The number of hydrogen-bond donors (Lipinski definition) is 1. The molecule has 1 N–H and O–H groups in total. The van der Waals surface area contributed by atoms with Crippen LogP contribution in [0.2, 0.25) is 0 Å². The van der Waals surface area contributed by atoms with Gasteiger partial charge in [0.15, 0.2) is 0 Å². The second-order valence-corrected chi connectivity index (χ2v) is 6.48. The first-order valence-electron chi connectivity index (χ1n) is 7.33. The summed E-state index contributed by atoms with van der Waals surface area (Å²) in [6.45, 7) is 6.21. The van der Waals surface area contributed by atoms with E-state index in [9.17, 15) is 0 Å². The molecular weight excluding hydrogens is 302 g/mol. The van der Waals surface area contributed by atoms with Crippen molar-refractivity contribution in [2.75, 3.05) is 6.61 Å². The van der Waals surface area contributed by atoms with Crippen molar-refractivity contribution in [3.63, 3.8) is 0 Å². The standard InChI is InChI=1S/C16H24BrNO/c1-3-4-12(2)11-19-16-8-5-13(9-15(16)17)10-18-14-6-7-14/h5,8-9,12,14,18H,3-4,6-7,10-11H2,1-2H3. The molecule has 0 spiro atoms. The van der Waals surface area contributed by atoms with Gasteiger partial charge in [-0.2, -0.15) is 0 Å². The summed E-state index contributed by atoms with van der Waals surface area (Å²) in [5, 5.41) is 3.52. The molecule has 3 heteroatoms. The number of ether oxygens (including phenoxy) is 1. The Morgan fingerprint density at radius 3 is 2.84 bits per heavy atom. The first kappa shape index (κ1) is 14.9. The SMILES string of the molecule is CCCC(C)COc1ccc(CNC2CC2)cc1Br. The van der Waals surface area contributed by atoms with Crippen molar-refractivity contribution in [1.29, 1.82) is 0 Å². The second kappa shape index (κ2) is 7.30.